The number of likely N-dealkylation sites (N-methyl/N-ethyl adjacent to an activating group) is 1. The Morgan fingerprint density at radius 3 is 2.62 bits per heavy atom. The number of benzene rings is 1. The predicted octanol–water partition coefficient (Wildman–Crippen LogP) is 2.22. The van der Waals surface area contributed by atoms with Gasteiger partial charge in [-0.1, -0.05) is 19.9 Å². The van der Waals surface area contributed by atoms with Gasteiger partial charge in [0.15, 0.2) is 11.5 Å². The van der Waals surface area contributed by atoms with Gasteiger partial charge in [0, 0.05) is 51.7 Å². The molecular formula is C26H38N4O7. The first-order valence-corrected chi connectivity index (χ1v) is 13.1. The number of hydrogen-bond acceptors (Lipinski definition) is 7. The van der Waals surface area contributed by atoms with Crippen molar-refractivity contribution in [3.05, 3.63) is 23.8 Å². The van der Waals surface area contributed by atoms with E-state index in [0.717, 1.165) is 18.4 Å². The largest absolute Gasteiger partial charge is 0.481 e. The molecule has 0 aliphatic carbocycles. The molecule has 0 spiro atoms. The average Bonchev–Trinajstić information content (AvgIpc) is 3.58. The second-order valence-corrected chi connectivity index (χ2v) is 9.89. The molecule has 37 heavy (non-hydrogen) atoms. The summed E-state index contributed by atoms with van der Waals surface area (Å²) in [6.45, 7) is 7.15. The molecule has 1 N–H and O–H groups in total. The minimum Gasteiger partial charge on any atom is -0.481 e. The van der Waals surface area contributed by atoms with Crippen LogP contribution >= 0.6 is 0 Å². The molecule has 1 aromatic carbocycles. The Balaban J connectivity index is 1.58. The predicted molar refractivity (Wildman–Crippen MR) is 134 cm³/mol. The Hall–Kier alpha value is -3.05. The molecule has 2 fully saturated rings. The van der Waals surface area contributed by atoms with Crippen molar-refractivity contribution in [2.24, 2.45) is 5.92 Å². The number of fused-ring (bicyclic) bond motifs is 1. The van der Waals surface area contributed by atoms with Crippen LogP contribution in [-0.4, -0.2) is 109 Å². The third kappa shape index (κ3) is 5.93. The van der Waals surface area contributed by atoms with Crippen LogP contribution in [0.5, 0.6) is 11.5 Å². The van der Waals surface area contributed by atoms with E-state index in [2.05, 4.69) is 0 Å². The number of likely N-dealkylation sites (tertiary alicyclic amines) is 1. The number of carboxylic acid groups (broad SMARTS) is 1. The third-order valence-corrected chi connectivity index (χ3v) is 7.35. The number of urea groups is 1. The second-order valence-electron chi connectivity index (χ2n) is 9.89. The van der Waals surface area contributed by atoms with Gasteiger partial charge in [-0.2, -0.15) is 0 Å². The first-order chi connectivity index (χ1) is 17.8. The summed E-state index contributed by atoms with van der Waals surface area (Å²) >= 11 is 0. The Kier molecular flexibility index (Phi) is 8.75. The Morgan fingerprint density at radius 1 is 1.16 bits per heavy atom. The fourth-order valence-corrected chi connectivity index (χ4v) is 5.45. The van der Waals surface area contributed by atoms with Crippen molar-refractivity contribution in [1.29, 1.82) is 0 Å². The fraction of sp³-hybridized carbons (Fsp3) is 0.654. The molecule has 1 aromatic rings. The topological polar surface area (TPSA) is 112 Å². The van der Waals surface area contributed by atoms with Crippen molar-refractivity contribution in [1.82, 2.24) is 19.8 Å². The molecule has 0 aromatic heterocycles. The molecule has 204 valence electrons. The molecule has 4 rings (SSSR count). The van der Waals surface area contributed by atoms with Crippen LogP contribution < -0.4 is 9.47 Å². The Labute approximate surface area is 217 Å². The van der Waals surface area contributed by atoms with E-state index in [1.807, 2.05) is 30.9 Å². The minimum absolute atomic E-state index is 0.0487. The van der Waals surface area contributed by atoms with Crippen molar-refractivity contribution in [2.45, 2.75) is 45.1 Å². The zero-order valence-corrected chi connectivity index (χ0v) is 21.9. The summed E-state index contributed by atoms with van der Waals surface area (Å²) in [4.78, 5) is 49.5. The number of ether oxygens (including phenoxy) is 2. The van der Waals surface area contributed by atoms with Gasteiger partial charge in [0.25, 0.3) is 5.91 Å². The van der Waals surface area contributed by atoms with Crippen LogP contribution in [-0.2, 0) is 14.4 Å². The molecule has 0 saturated carbocycles. The molecule has 3 aliphatic heterocycles. The number of carbonyl (C=O) groups is 3. The number of hydrogen-bond donors (Lipinski definition) is 1. The van der Waals surface area contributed by atoms with E-state index < -0.39 is 17.9 Å². The first kappa shape index (κ1) is 27.0. The van der Waals surface area contributed by atoms with Gasteiger partial charge in [-0.25, -0.2) is 9.86 Å². The smallest absolute Gasteiger partial charge is 0.319 e. The Morgan fingerprint density at radius 2 is 1.95 bits per heavy atom. The van der Waals surface area contributed by atoms with Gasteiger partial charge in [0.2, 0.25) is 6.79 Å². The molecule has 11 heteroatoms. The highest BCUT2D eigenvalue weighted by Gasteiger charge is 2.47. The van der Waals surface area contributed by atoms with Crippen LogP contribution in [0.2, 0.25) is 0 Å². The molecular weight excluding hydrogens is 480 g/mol. The molecule has 3 heterocycles. The molecule has 2 saturated heterocycles. The van der Waals surface area contributed by atoms with Gasteiger partial charge >= 0.3 is 12.0 Å². The lowest BCUT2D eigenvalue weighted by atomic mass is 9.84. The van der Waals surface area contributed by atoms with Crippen LogP contribution in [0.25, 0.3) is 0 Å². The zero-order chi connectivity index (χ0) is 26.5. The number of aliphatic carboxylic acids is 1. The summed E-state index contributed by atoms with van der Waals surface area (Å²) in [5.41, 5.74) is 0.834. The maximum atomic E-state index is 13.3. The Bertz CT molecular complexity index is 990. The minimum atomic E-state index is -0.917. The van der Waals surface area contributed by atoms with E-state index in [9.17, 15) is 19.5 Å². The molecule has 3 amide bonds. The van der Waals surface area contributed by atoms with Crippen LogP contribution in [0.3, 0.4) is 0 Å². The number of rotatable bonds is 12. The van der Waals surface area contributed by atoms with E-state index in [4.69, 9.17) is 14.3 Å². The lowest BCUT2D eigenvalue weighted by Gasteiger charge is -2.30. The fourth-order valence-electron chi connectivity index (χ4n) is 5.45. The van der Waals surface area contributed by atoms with Crippen molar-refractivity contribution in [3.8, 4) is 11.5 Å². The molecule has 0 bridgehead atoms. The summed E-state index contributed by atoms with van der Waals surface area (Å²) in [7, 11) is 1.76. The zero-order valence-electron chi connectivity index (χ0n) is 21.9. The number of amides is 3. The number of carbonyl (C=O) groups excluding carboxylic acids is 2. The lowest BCUT2D eigenvalue weighted by molar-refractivity contribution is -0.188. The molecule has 0 radical (unpaired) electrons. The quantitative estimate of drug-likeness (QED) is 0.419. The van der Waals surface area contributed by atoms with E-state index in [0.29, 0.717) is 57.3 Å². The monoisotopic (exact) mass is 518 g/mol. The highest BCUT2D eigenvalue weighted by Crippen LogP contribution is 2.42. The van der Waals surface area contributed by atoms with E-state index in [1.54, 1.807) is 22.9 Å². The molecule has 3 atom stereocenters. The molecule has 3 aliphatic rings. The van der Waals surface area contributed by atoms with Crippen molar-refractivity contribution in [3.63, 3.8) is 0 Å². The first-order valence-electron chi connectivity index (χ1n) is 13.1. The summed E-state index contributed by atoms with van der Waals surface area (Å²) < 4.78 is 11.0. The van der Waals surface area contributed by atoms with Gasteiger partial charge in [-0.3, -0.25) is 19.3 Å². The normalized spacial score (nSPS) is 23.2. The molecule has 0 unspecified atom stereocenters. The van der Waals surface area contributed by atoms with Crippen LogP contribution in [0, 0.1) is 5.92 Å². The third-order valence-electron chi connectivity index (χ3n) is 7.35. The molecule has 11 nitrogen and oxygen atoms in total. The van der Waals surface area contributed by atoms with Crippen molar-refractivity contribution < 1.29 is 33.8 Å². The van der Waals surface area contributed by atoms with Gasteiger partial charge < -0.3 is 24.4 Å². The lowest BCUT2D eigenvalue weighted by Crippen LogP contribution is -2.45. The number of carboxylic acids is 1. The van der Waals surface area contributed by atoms with E-state index in [1.165, 1.54) is 5.06 Å². The van der Waals surface area contributed by atoms with E-state index >= 15 is 0 Å². The van der Waals surface area contributed by atoms with Crippen LogP contribution in [0.15, 0.2) is 18.2 Å². The maximum Gasteiger partial charge on any atom is 0.319 e. The van der Waals surface area contributed by atoms with Gasteiger partial charge in [0.1, 0.15) is 0 Å². The van der Waals surface area contributed by atoms with Gasteiger partial charge in [0.05, 0.1) is 19.1 Å². The standard InChI is InChI=1S/C26H38N4O7/c1-4-9-30(37-13-5-2)23(31)16-29-15-19(18-6-7-21-22(14-18)36-17-35-21)24(25(32)33)20(29)8-10-28-12-11-27(3)26(28)34/h6-7,14,19-20,24H,4-5,8-13,15-17H2,1-3H3,(H,32,33)/t19-,20+,24-/m1/s1. The second kappa shape index (κ2) is 12.0. The van der Waals surface area contributed by atoms with Crippen LogP contribution in [0.1, 0.15) is 44.6 Å². The van der Waals surface area contributed by atoms with E-state index in [-0.39, 0.29) is 31.2 Å². The van der Waals surface area contributed by atoms with Gasteiger partial charge in [-0.15, -0.1) is 0 Å². The van der Waals surface area contributed by atoms with Crippen molar-refractivity contribution in [2.75, 3.05) is 59.7 Å². The summed E-state index contributed by atoms with van der Waals surface area (Å²) in [5.74, 6) is -0.969. The summed E-state index contributed by atoms with van der Waals surface area (Å²) in [6, 6.07) is 5.05. The maximum absolute atomic E-state index is 13.3. The number of nitrogens with zero attached hydrogens (tertiary/aromatic N) is 4. The van der Waals surface area contributed by atoms with Gasteiger partial charge in [-0.05, 0) is 37.0 Å². The summed E-state index contributed by atoms with van der Waals surface area (Å²) in [6.07, 6.45) is 1.99. The SMILES string of the molecule is CCCON(CCC)C(=O)CN1C[C@H](c2ccc3c(c2)OCO3)[C@@H](C(=O)O)[C@@H]1CCN1CCN(C)C1=O. The highest BCUT2D eigenvalue weighted by atomic mass is 16.7. The number of hydroxylamine groups is 2. The average molecular weight is 519 g/mol. The summed E-state index contributed by atoms with van der Waals surface area (Å²) in [5, 5.41) is 11.8. The highest BCUT2D eigenvalue weighted by molar-refractivity contribution is 5.78. The van der Waals surface area contributed by atoms with Crippen molar-refractivity contribution >= 4 is 17.9 Å². The van der Waals surface area contributed by atoms with Crippen LogP contribution in [0.4, 0.5) is 4.79 Å².